The van der Waals surface area contributed by atoms with Crippen LogP contribution in [-0.4, -0.2) is 35.3 Å². The van der Waals surface area contributed by atoms with E-state index in [1.807, 2.05) is 16.3 Å². The maximum atomic E-state index is 12.1. The third-order valence-corrected chi connectivity index (χ3v) is 5.62. The van der Waals surface area contributed by atoms with E-state index in [4.69, 9.17) is 0 Å². The lowest BCUT2D eigenvalue weighted by Gasteiger charge is -2.16. The van der Waals surface area contributed by atoms with E-state index < -0.39 is 0 Å². The van der Waals surface area contributed by atoms with Gasteiger partial charge in [-0.1, -0.05) is 6.92 Å². The minimum atomic E-state index is -0.0922. The molecule has 3 atom stereocenters. The molecule has 1 aromatic rings. The zero-order valence-electron chi connectivity index (χ0n) is 10.6. The summed E-state index contributed by atoms with van der Waals surface area (Å²) in [5, 5.41) is 4.83. The summed E-state index contributed by atoms with van der Waals surface area (Å²) in [5.74, 6) is 0.695. The molecule has 0 radical (unpaired) electrons. The standard InChI is InChI=1S/C13H15BrN2O2S/c1-7-4-10(7)16-6-8(5-11(16)17)15-13(18)12-9(14)2-3-19-12/h2-3,7-8,10H,4-6H2,1H3,(H,15,18). The molecular weight excluding hydrogens is 328 g/mol. The van der Waals surface area contributed by atoms with Crippen LogP contribution in [0.5, 0.6) is 0 Å². The number of likely N-dealkylation sites (tertiary alicyclic amines) is 1. The molecule has 1 aliphatic heterocycles. The summed E-state index contributed by atoms with van der Waals surface area (Å²) in [4.78, 5) is 26.6. The van der Waals surface area contributed by atoms with Gasteiger partial charge in [0.25, 0.3) is 5.91 Å². The van der Waals surface area contributed by atoms with E-state index in [0.29, 0.717) is 29.8 Å². The predicted molar refractivity (Wildman–Crippen MR) is 77.2 cm³/mol. The largest absolute Gasteiger partial charge is 0.346 e. The molecular formula is C13H15BrN2O2S. The zero-order valence-corrected chi connectivity index (χ0v) is 13.0. The average Bonchev–Trinajstić information content (AvgIpc) is 2.75. The first-order chi connectivity index (χ1) is 9.06. The Morgan fingerprint density at radius 1 is 1.58 bits per heavy atom. The Bertz CT molecular complexity index is 530. The van der Waals surface area contributed by atoms with Gasteiger partial charge in [0.1, 0.15) is 4.88 Å². The molecule has 102 valence electrons. The Hall–Kier alpha value is -0.880. The molecule has 1 saturated carbocycles. The second kappa shape index (κ2) is 4.90. The monoisotopic (exact) mass is 342 g/mol. The van der Waals surface area contributed by atoms with Gasteiger partial charge in [-0.05, 0) is 39.7 Å². The number of nitrogens with one attached hydrogen (secondary N) is 1. The van der Waals surface area contributed by atoms with Crippen molar-refractivity contribution in [1.29, 1.82) is 0 Å². The van der Waals surface area contributed by atoms with Crippen LogP contribution >= 0.6 is 27.3 Å². The lowest BCUT2D eigenvalue weighted by molar-refractivity contribution is -0.128. The van der Waals surface area contributed by atoms with Crippen LogP contribution in [0.25, 0.3) is 0 Å². The molecule has 1 aromatic heterocycles. The summed E-state index contributed by atoms with van der Waals surface area (Å²) in [6.07, 6.45) is 1.53. The van der Waals surface area contributed by atoms with E-state index in [9.17, 15) is 9.59 Å². The third kappa shape index (κ3) is 2.56. The normalized spacial score (nSPS) is 29.7. The Morgan fingerprint density at radius 2 is 2.32 bits per heavy atom. The molecule has 0 aromatic carbocycles. The van der Waals surface area contributed by atoms with Crippen LogP contribution in [-0.2, 0) is 4.79 Å². The molecule has 1 saturated heterocycles. The lowest BCUT2D eigenvalue weighted by atomic mass is 10.2. The Morgan fingerprint density at radius 3 is 2.89 bits per heavy atom. The van der Waals surface area contributed by atoms with Crippen molar-refractivity contribution < 1.29 is 9.59 Å². The van der Waals surface area contributed by atoms with Gasteiger partial charge >= 0.3 is 0 Å². The number of hydrogen-bond donors (Lipinski definition) is 1. The Balaban J connectivity index is 1.61. The minimum Gasteiger partial charge on any atom is -0.346 e. The van der Waals surface area contributed by atoms with Crippen molar-refractivity contribution in [2.24, 2.45) is 5.92 Å². The second-order valence-electron chi connectivity index (χ2n) is 5.30. The number of rotatable bonds is 3. The number of hydrogen-bond acceptors (Lipinski definition) is 3. The van der Waals surface area contributed by atoms with E-state index in [1.165, 1.54) is 11.3 Å². The molecule has 6 heteroatoms. The summed E-state index contributed by atoms with van der Waals surface area (Å²) in [5.41, 5.74) is 0. The molecule has 2 amide bonds. The highest BCUT2D eigenvalue weighted by atomic mass is 79.9. The minimum absolute atomic E-state index is 0.0539. The average molecular weight is 343 g/mol. The van der Waals surface area contributed by atoms with Crippen molar-refractivity contribution in [2.45, 2.75) is 31.8 Å². The summed E-state index contributed by atoms with van der Waals surface area (Å²) < 4.78 is 0.812. The molecule has 0 bridgehead atoms. The number of nitrogens with zero attached hydrogens (tertiary/aromatic N) is 1. The molecule has 1 aliphatic carbocycles. The first-order valence-corrected chi connectivity index (χ1v) is 8.07. The van der Waals surface area contributed by atoms with Gasteiger partial charge in [-0.3, -0.25) is 9.59 Å². The van der Waals surface area contributed by atoms with Gasteiger partial charge in [0.2, 0.25) is 5.91 Å². The molecule has 2 heterocycles. The quantitative estimate of drug-likeness (QED) is 0.915. The fraction of sp³-hybridized carbons (Fsp3) is 0.538. The van der Waals surface area contributed by atoms with E-state index >= 15 is 0 Å². The van der Waals surface area contributed by atoms with Crippen molar-refractivity contribution in [3.63, 3.8) is 0 Å². The molecule has 19 heavy (non-hydrogen) atoms. The van der Waals surface area contributed by atoms with Crippen LogP contribution in [0.4, 0.5) is 0 Å². The van der Waals surface area contributed by atoms with Gasteiger partial charge in [0, 0.05) is 23.5 Å². The highest BCUT2D eigenvalue weighted by Gasteiger charge is 2.44. The topological polar surface area (TPSA) is 49.4 Å². The van der Waals surface area contributed by atoms with Gasteiger partial charge in [0.15, 0.2) is 0 Å². The molecule has 1 N–H and O–H groups in total. The van der Waals surface area contributed by atoms with Crippen LogP contribution in [0.15, 0.2) is 15.9 Å². The fourth-order valence-corrected chi connectivity index (χ4v) is 4.05. The molecule has 3 rings (SSSR count). The number of halogens is 1. The van der Waals surface area contributed by atoms with Crippen molar-refractivity contribution in [3.05, 3.63) is 20.8 Å². The first kappa shape index (κ1) is 13.1. The van der Waals surface area contributed by atoms with Gasteiger partial charge in [-0.15, -0.1) is 11.3 Å². The van der Waals surface area contributed by atoms with Gasteiger partial charge in [-0.2, -0.15) is 0 Å². The van der Waals surface area contributed by atoms with Crippen LogP contribution in [0, 0.1) is 5.92 Å². The Kier molecular flexibility index (Phi) is 3.39. The summed E-state index contributed by atoms with van der Waals surface area (Å²) in [7, 11) is 0. The predicted octanol–water partition coefficient (Wildman–Crippen LogP) is 2.25. The molecule has 2 aliphatic rings. The van der Waals surface area contributed by atoms with Crippen molar-refractivity contribution in [1.82, 2.24) is 10.2 Å². The van der Waals surface area contributed by atoms with Crippen LogP contribution in [0.3, 0.4) is 0 Å². The van der Waals surface area contributed by atoms with E-state index in [-0.39, 0.29) is 17.9 Å². The van der Waals surface area contributed by atoms with Crippen molar-refractivity contribution in [3.8, 4) is 0 Å². The number of carbonyl (C=O) groups excluding carboxylic acids is 2. The number of carbonyl (C=O) groups is 2. The maximum absolute atomic E-state index is 12.1. The van der Waals surface area contributed by atoms with E-state index in [2.05, 4.69) is 28.2 Å². The fourth-order valence-electron chi connectivity index (χ4n) is 2.59. The van der Waals surface area contributed by atoms with Crippen LogP contribution in [0.2, 0.25) is 0 Å². The molecule has 4 nitrogen and oxygen atoms in total. The number of amides is 2. The van der Waals surface area contributed by atoms with Crippen LogP contribution < -0.4 is 5.32 Å². The Labute approximate surface area is 124 Å². The first-order valence-electron chi connectivity index (χ1n) is 6.39. The van der Waals surface area contributed by atoms with Gasteiger partial charge in [0.05, 0.1) is 6.04 Å². The van der Waals surface area contributed by atoms with Gasteiger partial charge in [-0.25, -0.2) is 0 Å². The molecule has 3 unspecified atom stereocenters. The van der Waals surface area contributed by atoms with Gasteiger partial charge < -0.3 is 10.2 Å². The van der Waals surface area contributed by atoms with Crippen LogP contribution in [0.1, 0.15) is 29.4 Å². The van der Waals surface area contributed by atoms with Crippen molar-refractivity contribution >= 4 is 39.1 Å². The van der Waals surface area contributed by atoms with E-state index in [1.54, 1.807) is 0 Å². The SMILES string of the molecule is CC1CC1N1CC(NC(=O)c2sccc2Br)CC1=O. The lowest BCUT2D eigenvalue weighted by Crippen LogP contribution is -2.37. The zero-order chi connectivity index (χ0) is 13.6. The smallest absolute Gasteiger partial charge is 0.262 e. The summed E-state index contributed by atoms with van der Waals surface area (Å²) in [6, 6.07) is 2.21. The maximum Gasteiger partial charge on any atom is 0.262 e. The number of thiophene rings is 1. The second-order valence-corrected chi connectivity index (χ2v) is 7.07. The van der Waals surface area contributed by atoms with Crippen molar-refractivity contribution in [2.75, 3.05) is 6.54 Å². The molecule has 0 spiro atoms. The highest BCUT2D eigenvalue weighted by molar-refractivity contribution is 9.10. The summed E-state index contributed by atoms with van der Waals surface area (Å²) >= 11 is 4.76. The van der Waals surface area contributed by atoms with E-state index in [0.717, 1.165) is 10.9 Å². The molecule has 2 fully saturated rings. The third-order valence-electron chi connectivity index (χ3n) is 3.78. The summed E-state index contributed by atoms with van der Waals surface area (Å²) in [6.45, 7) is 2.81. The highest BCUT2D eigenvalue weighted by Crippen LogP contribution is 2.37.